The highest BCUT2D eigenvalue weighted by Crippen LogP contribution is 2.32. The van der Waals surface area contributed by atoms with Crippen LogP contribution in [-0.4, -0.2) is 58.0 Å². The summed E-state index contributed by atoms with van der Waals surface area (Å²) >= 11 is 6.02. The van der Waals surface area contributed by atoms with Gasteiger partial charge in [0.25, 0.3) is 10.0 Å². The van der Waals surface area contributed by atoms with Crippen LogP contribution >= 0.6 is 11.6 Å². The second kappa shape index (κ2) is 13.7. The molecule has 0 saturated carbocycles. The molecule has 220 valence electrons. The summed E-state index contributed by atoms with van der Waals surface area (Å²) in [5.74, 6) is -1.15. The molecule has 1 atom stereocenters. The predicted octanol–water partition coefficient (Wildman–Crippen LogP) is 4.63. The molecule has 0 heterocycles. The number of amides is 2. The van der Waals surface area contributed by atoms with Crippen LogP contribution in [0.1, 0.15) is 26.3 Å². The van der Waals surface area contributed by atoms with Crippen molar-refractivity contribution in [3.63, 3.8) is 0 Å². The summed E-state index contributed by atoms with van der Waals surface area (Å²) in [7, 11) is -1.60. The van der Waals surface area contributed by atoms with Gasteiger partial charge in [0.05, 0.1) is 24.8 Å². The second-order valence-corrected chi connectivity index (χ2v) is 11.8. The molecule has 9 nitrogen and oxygen atoms in total. The van der Waals surface area contributed by atoms with Crippen molar-refractivity contribution < 1.29 is 31.9 Å². The van der Waals surface area contributed by atoms with Crippen molar-refractivity contribution in [2.75, 3.05) is 25.1 Å². The summed E-state index contributed by atoms with van der Waals surface area (Å²) in [5, 5.41) is 3.29. The number of carbonyl (C=O) groups excluding carboxylic acids is 2. The van der Waals surface area contributed by atoms with E-state index in [-0.39, 0.29) is 28.9 Å². The fourth-order valence-corrected chi connectivity index (χ4v) is 5.57. The van der Waals surface area contributed by atoms with E-state index in [0.29, 0.717) is 16.3 Å². The summed E-state index contributed by atoms with van der Waals surface area (Å²) in [4.78, 5) is 28.0. The quantitative estimate of drug-likeness (QED) is 0.323. The fourth-order valence-electron chi connectivity index (χ4n) is 4.01. The lowest BCUT2D eigenvalue weighted by Crippen LogP contribution is -2.52. The monoisotopic (exact) mass is 605 g/mol. The number of benzene rings is 3. The Morgan fingerprint density at radius 2 is 1.54 bits per heavy atom. The maximum atomic E-state index is 14.0. The van der Waals surface area contributed by atoms with E-state index in [1.165, 1.54) is 49.5 Å². The Kier molecular flexibility index (Phi) is 10.6. The molecule has 3 aromatic rings. The lowest BCUT2D eigenvalue weighted by Gasteiger charge is -2.32. The lowest BCUT2D eigenvalue weighted by molar-refractivity contribution is -0.139. The molecule has 0 saturated heterocycles. The first-order chi connectivity index (χ1) is 19.4. The number of methoxy groups -OCH3 is 2. The first kappa shape index (κ1) is 31.7. The topological polar surface area (TPSA) is 105 Å². The van der Waals surface area contributed by atoms with Crippen LogP contribution in [0.25, 0.3) is 0 Å². The summed E-state index contributed by atoms with van der Waals surface area (Å²) < 4.78 is 53.1. The number of nitrogens with zero attached hydrogens (tertiary/aromatic N) is 2. The average Bonchev–Trinajstić information content (AvgIpc) is 2.94. The van der Waals surface area contributed by atoms with Gasteiger partial charge in [-0.2, -0.15) is 0 Å². The molecule has 0 aliphatic carbocycles. The first-order valence-corrected chi connectivity index (χ1v) is 14.5. The van der Waals surface area contributed by atoms with Gasteiger partial charge in [0, 0.05) is 23.7 Å². The van der Waals surface area contributed by atoms with Crippen molar-refractivity contribution in [1.29, 1.82) is 0 Å². The van der Waals surface area contributed by atoms with Gasteiger partial charge in [-0.3, -0.25) is 13.9 Å². The van der Waals surface area contributed by atoms with Gasteiger partial charge in [-0.1, -0.05) is 23.7 Å². The molecule has 0 bridgehead atoms. The third-order valence-electron chi connectivity index (χ3n) is 6.20. The highest BCUT2D eigenvalue weighted by molar-refractivity contribution is 7.92. The van der Waals surface area contributed by atoms with Gasteiger partial charge in [0.1, 0.15) is 18.4 Å². The lowest BCUT2D eigenvalue weighted by atomic mass is 10.1. The molecule has 1 unspecified atom stereocenters. The van der Waals surface area contributed by atoms with Crippen LogP contribution in [0.3, 0.4) is 0 Å². The van der Waals surface area contributed by atoms with E-state index in [2.05, 4.69) is 5.32 Å². The minimum Gasteiger partial charge on any atom is -0.493 e. The van der Waals surface area contributed by atoms with Crippen molar-refractivity contribution in [3.05, 3.63) is 83.1 Å². The molecular formula is C29H33ClFN3O6S. The summed E-state index contributed by atoms with van der Waals surface area (Å²) in [6, 6.07) is 14.4. The number of rotatable bonds is 12. The Labute approximate surface area is 244 Å². The van der Waals surface area contributed by atoms with E-state index >= 15 is 0 Å². The zero-order chi connectivity index (χ0) is 30.3. The Balaban J connectivity index is 2.06. The number of halogens is 2. The molecule has 3 rings (SSSR count). The molecule has 1 N–H and O–H groups in total. The molecule has 0 radical (unpaired) electrons. The molecule has 41 heavy (non-hydrogen) atoms. The second-order valence-electron chi connectivity index (χ2n) is 9.49. The summed E-state index contributed by atoms with van der Waals surface area (Å²) in [6.07, 6.45) is 0. The molecule has 0 aliphatic rings. The van der Waals surface area contributed by atoms with E-state index in [1.54, 1.807) is 45.0 Å². The van der Waals surface area contributed by atoms with Crippen LogP contribution in [0, 0.1) is 5.82 Å². The van der Waals surface area contributed by atoms with E-state index in [0.717, 1.165) is 16.4 Å². The van der Waals surface area contributed by atoms with Gasteiger partial charge in [-0.05, 0) is 74.9 Å². The van der Waals surface area contributed by atoms with Gasteiger partial charge >= 0.3 is 0 Å². The number of nitrogens with one attached hydrogen (secondary N) is 1. The van der Waals surface area contributed by atoms with Crippen LogP contribution in [0.2, 0.25) is 5.02 Å². The third kappa shape index (κ3) is 7.89. The van der Waals surface area contributed by atoms with Crippen molar-refractivity contribution in [3.8, 4) is 11.5 Å². The van der Waals surface area contributed by atoms with Gasteiger partial charge in [-0.15, -0.1) is 0 Å². The van der Waals surface area contributed by atoms with Gasteiger partial charge in [0.2, 0.25) is 11.8 Å². The molecular weight excluding hydrogens is 573 g/mol. The highest BCUT2D eigenvalue weighted by atomic mass is 35.5. The Morgan fingerprint density at radius 1 is 0.927 bits per heavy atom. The maximum absolute atomic E-state index is 14.0. The smallest absolute Gasteiger partial charge is 0.264 e. The molecule has 3 aromatic carbocycles. The van der Waals surface area contributed by atoms with E-state index in [9.17, 15) is 22.4 Å². The first-order valence-electron chi connectivity index (χ1n) is 12.7. The number of anilines is 1. The van der Waals surface area contributed by atoms with E-state index in [1.807, 2.05) is 0 Å². The van der Waals surface area contributed by atoms with E-state index < -0.39 is 40.2 Å². The van der Waals surface area contributed by atoms with Crippen LogP contribution in [0.5, 0.6) is 11.5 Å². The Bertz CT molecular complexity index is 1470. The predicted molar refractivity (Wildman–Crippen MR) is 155 cm³/mol. The SMILES string of the molecule is COc1ccc(S(=O)(=O)N(CC(=O)N(Cc2ccc(Cl)cc2)C(C)C(=O)NC(C)C)c2ccc(F)cc2)cc1OC. The van der Waals surface area contributed by atoms with Crippen molar-refractivity contribution in [1.82, 2.24) is 10.2 Å². The number of hydrogen-bond donors (Lipinski definition) is 1. The van der Waals surface area contributed by atoms with Crippen molar-refractivity contribution >= 4 is 39.1 Å². The number of hydrogen-bond acceptors (Lipinski definition) is 6. The molecule has 0 aliphatic heterocycles. The maximum Gasteiger partial charge on any atom is 0.264 e. The van der Waals surface area contributed by atoms with Crippen LogP contribution in [0.4, 0.5) is 10.1 Å². The molecule has 2 amide bonds. The molecule has 0 aromatic heterocycles. The average molecular weight is 606 g/mol. The van der Waals surface area contributed by atoms with Crippen molar-refractivity contribution in [2.24, 2.45) is 0 Å². The third-order valence-corrected chi connectivity index (χ3v) is 8.22. The number of sulfonamides is 1. The number of ether oxygens (including phenoxy) is 2. The van der Waals surface area contributed by atoms with Gasteiger partial charge < -0.3 is 19.7 Å². The molecule has 0 spiro atoms. The minimum absolute atomic E-state index is 0.0103. The normalized spacial score (nSPS) is 12.0. The van der Waals surface area contributed by atoms with Crippen molar-refractivity contribution in [2.45, 2.75) is 44.3 Å². The largest absolute Gasteiger partial charge is 0.493 e. The summed E-state index contributed by atoms with van der Waals surface area (Å²) in [6.45, 7) is 4.49. The zero-order valence-electron chi connectivity index (χ0n) is 23.4. The van der Waals surface area contributed by atoms with Crippen LogP contribution < -0.4 is 19.1 Å². The summed E-state index contributed by atoms with van der Waals surface area (Å²) in [5.41, 5.74) is 0.739. The van der Waals surface area contributed by atoms with Gasteiger partial charge in [-0.25, -0.2) is 12.8 Å². The minimum atomic E-state index is -4.39. The molecule has 12 heteroatoms. The number of carbonyl (C=O) groups is 2. The van der Waals surface area contributed by atoms with Crippen LogP contribution in [-0.2, 0) is 26.2 Å². The van der Waals surface area contributed by atoms with E-state index in [4.69, 9.17) is 21.1 Å². The highest BCUT2D eigenvalue weighted by Gasteiger charge is 2.33. The Hall–Kier alpha value is -3.83. The van der Waals surface area contributed by atoms with Crippen LogP contribution in [0.15, 0.2) is 71.6 Å². The standard InChI is InChI=1S/C29H33ClFN3O6S/c1-19(2)32-29(36)20(3)33(17-21-6-8-22(30)9-7-21)28(35)18-34(24-12-10-23(31)11-13-24)41(37,38)25-14-15-26(39-4)27(16-25)40-5/h6-16,19-20H,17-18H2,1-5H3,(H,32,36). The molecule has 0 fully saturated rings. The Morgan fingerprint density at radius 3 is 2.10 bits per heavy atom. The zero-order valence-corrected chi connectivity index (χ0v) is 25.0. The fraction of sp³-hybridized carbons (Fsp3) is 0.310. The van der Waals surface area contributed by atoms with Gasteiger partial charge in [0.15, 0.2) is 11.5 Å².